The maximum absolute atomic E-state index is 4.04. The molecule has 1 rings (SSSR count). The molecule has 1 aromatic rings. The Labute approximate surface area is 80.3 Å². The number of rotatable bonds is 3. The summed E-state index contributed by atoms with van der Waals surface area (Å²) in [6, 6.07) is 0.475. The highest BCUT2D eigenvalue weighted by Gasteiger charge is 2.04. The molecule has 0 atom stereocenters. The van der Waals surface area contributed by atoms with Crippen LogP contribution in [-0.4, -0.2) is 19.2 Å². The summed E-state index contributed by atoms with van der Waals surface area (Å²) in [6.07, 6.45) is 2.81. The van der Waals surface area contributed by atoms with Gasteiger partial charge in [-0.05, 0) is 13.8 Å². The summed E-state index contributed by atoms with van der Waals surface area (Å²) < 4.78 is 3.21. The van der Waals surface area contributed by atoms with Crippen molar-refractivity contribution in [2.45, 2.75) is 26.3 Å². The van der Waals surface area contributed by atoms with Crippen LogP contribution >= 0.6 is 22.6 Å². The van der Waals surface area contributed by atoms with Crippen LogP contribution in [0.25, 0.3) is 0 Å². The van der Waals surface area contributed by atoms with E-state index in [9.17, 15) is 0 Å². The molecule has 0 radical (unpaired) electrons. The molecule has 0 aliphatic carbocycles. The third-order valence-corrected chi connectivity index (χ3v) is 2.06. The maximum atomic E-state index is 4.04. The van der Waals surface area contributed by atoms with Crippen LogP contribution in [0.5, 0.6) is 0 Å². The minimum Gasteiger partial charge on any atom is -0.315 e. The molecule has 0 aliphatic rings. The van der Waals surface area contributed by atoms with Gasteiger partial charge in [0, 0.05) is 16.9 Å². The van der Waals surface area contributed by atoms with Gasteiger partial charge in [0.2, 0.25) is 0 Å². The molecule has 62 valence electrons. The topological polar surface area (TPSA) is 30.7 Å². The molecule has 0 saturated carbocycles. The molecular formula is C7H12IN3. The Morgan fingerprint density at radius 3 is 2.91 bits per heavy atom. The maximum Gasteiger partial charge on any atom is 0.133 e. The zero-order chi connectivity index (χ0) is 8.27. The molecule has 0 fully saturated rings. The molecule has 0 aliphatic heterocycles. The quantitative estimate of drug-likeness (QED) is 0.616. The van der Waals surface area contributed by atoms with Crippen molar-refractivity contribution in [3.05, 3.63) is 12.2 Å². The summed E-state index contributed by atoms with van der Waals surface area (Å²) in [6.45, 7) is 4.28. The van der Waals surface area contributed by atoms with Gasteiger partial charge in [-0.2, -0.15) is 0 Å². The smallest absolute Gasteiger partial charge is 0.133 e. The van der Waals surface area contributed by atoms with Crippen molar-refractivity contribution < 1.29 is 0 Å². The van der Waals surface area contributed by atoms with Crippen molar-refractivity contribution in [2.24, 2.45) is 0 Å². The third-order valence-electron chi connectivity index (χ3n) is 1.52. The van der Waals surface area contributed by atoms with E-state index in [1.807, 2.05) is 0 Å². The predicted molar refractivity (Wildman–Crippen MR) is 53.0 cm³/mol. The Morgan fingerprint density at radius 1 is 1.64 bits per heavy atom. The number of alkyl halides is 1. The number of aromatic nitrogens is 3. The zero-order valence-electron chi connectivity index (χ0n) is 6.79. The van der Waals surface area contributed by atoms with E-state index in [4.69, 9.17) is 0 Å². The molecule has 0 aromatic carbocycles. The zero-order valence-corrected chi connectivity index (χ0v) is 8.95. The van der Waals surface area contributed by atoms with Crippen molar-refractivity contribution in [3.8, 4) is 0 Å². The highest BCUT2D eigenvalue weighted by molar-refractivity contribution is 14.1. The van der Waals surface area contributed by atoms with Gasteiger partial charge in [-0.15, -0.1) is 10.2 Å². The van der Waals surface area contributed by atoms with Crippen molar-refractivity contribution in [3.63, 3.8) is 0 Å². The Morgan fingerprint density at radius 2 is 2.36 bits per heavy atom. The molecule has 0 N–H and O–H groups in total. The second-order valence-corrected chi connectivity index (χ2v) is 3.77. The van der Waals surface area contributed by atoms with E-state index in [-0.39, 0.29) is 0 Å². The first kappa shape index (κ1) is 8.96. The normalized spacial score (nSPS) is 10.9. The van der Waals surface area contributed by atoms with Gasteiger partial charge < -0.3 is 4.57 Å². The fraction of sp³-hybridized carbons (Fsp3) is 0.714. The summed E-state index contributed by atoms with van der Waals surface area (Å²) in [5.74, 6) is 1.09. The average Bonchev–Trinajstić information content (AvgIpc) is 2.36. The van der Waals surface area contributed by atoms with Crippen LogP contribution in [0, 0.1) is 0 Å². The van der Waals surface area contributed by atoms with Crippen LogP contribution in [0.1, 0.15) is 25.7 Å². The van der Waals surface area contributed by atoms with Crippen LogP contribution in [0.15, 0.2) is 6.33 Å². The molecule has 11 heavy (non-hydrogen) atoms. The number of halogens is 1. The largest absolute Gasteiger partial charge is 0.315 e. The van der Waals surface area contributed by atoms with Crippen LogP contribution in [0.3, 0.4) is 0 Å². The van der Waals surface area contributed by atoms with E-state index in [1.54, 1.807) is 6.33 Å². The number of hydrogen-bond acceptors (Lipinski definition) is 2. The van der Waals surface area contributed by atoms with E-state index in [2.05, 4.69) is 51.2 Å². The van der Waals surface area contributed by atoms with Crippen LogP contribution in [0.2, 0.25) is 0 Å². The average molecular weight is 265 g/mol. The lowest BCUT2D eigenvalue weighted by atomic mass is 10.3. The van der Waals surface area contributed by atoms with E-state index in [1.165, 1.54) is 0 Å². The summed E-state index contributed by atoms with van der Waals surface area (Å²) in [7, 11) is 0. The third kappa shape index (κ3) is 2.15. The standard InChI is InChI=1S/C7H12IN3/c1-6(2)11-5-9-10-7(11)3-4-8/h5-6H,3-4H2,1-2H3. The van der Waals surface area contributed by atoms with E-state index in [0.29, 0.717) is 6.04 Å². The van der Waals surface area contributed by atoms with Crippen LogP contribution in [0.4, 0.5) is 0 Å². The Kier molecular flexibility index (Phi) is 3.29. The van der Waals surface area contributed by atoms with E-state index >= 15 is 0 Å². The first-order valence-corrected chi connectivity index (χ1v) is 5.22. The van der Waals surface area contributed by atoms with Gasteiger partial charge in [0.15, 0.2) is 0 Å². The van der Waals surface area contributed by atoms with Gasteiger partial charge in [-0.1, -0.05) is 22.6 Å². The molecule has 1 heterocycles. The summed E-state index contributed by atoms with van der Waals surface area (Å²) in [5, 5.41) is 7.91. The van der Waals surface area contributed by atoms with E-state index in [0.717, 1.165) is 16.7 Å². The van der Waals surface area contributed by atoms with Gasteiger partial charge in [-0.25, -0.2) is 0 Å². The van der Waals surface area contributed by atoms with Crippen molar-refractivity contribution in [2.75, 3.05) is 4.43 Å². The van der Waals surface area contributed by atoms with Gasteiger partial charge in [-0.3, -0.25) is 0 Å². The Bertz CT molecular complexity index is 219. The predicted octanol–water partition coefficient (Wildman–Crippen LogP) is 1.84. The lowest BCUT2D eigenvalue weighted by Gasteiger charge is -2.08. The molecule has 4 heteroatoms. The first-order valence-electron chi connectivity index (χ1n) is 3.70. The Balaban J connectivity index is 2.78. The molecule has 1 aromatic heterocycles. The monoisotopic (exact) mass is 265 g/mol. The van der Waals surface area contributed by atoms with Gasteiger partial charge in [0.1, 0.15) is 12.2 Å². The highest BCUT2D eigenvalue weighted by atomic mass is 127. The number of hydrogen-bond donors (Lipinski definition) is 0. The highest BCUT2D eigenvalue weighted by Crippen LogP contribution is 2.07. The second kappa shape index (κ2) is 4.04. The lowest BCUT2D eigenvalue weighted by Crippen LogP contribution is -2.05. The van der Waals surface area contributed by atoms with Gasteiger partial charge in [0.25, 0.3) is 0 Å². The van der Waals surface area contributed by atoms with Crippen molar-refractivity contribution in [1.82, 2.24) is 14.8 Å². The van der Waals surface area contributed by atoms with Gasteiger partial charge in [0.05, 0.1) is 0 Å². The minimum atomic E-state index is 0.475. The molecule has 0 unspecified atom stereocenters. The van der Waals surface area contributed by atoms with Crippen molar-refractivity contribution >= 4 is 22.6 Å². The summed E-state index contributed by atoms with van der Waals surface area (Å²) in [5.41, 5.74) is 0. The molecule has 3 nitrogen and oxygen atoms in total. The molecular weight excluding hydrogens is 253 g/mol. The lowest BCUT2D eigenvalue weighted by molar-refractivity contribution is 0.572. The fourth-order valence-electron chi connectivity index (χ4n) is 0.961. The number of aryl methyl sites for hydroxylation is 1. The molecule has 0 amide bonds. The van der Waals surface area contributed by atoms with Crippen LogP contribution < -0.4 is 0 Å². The van der Waals surface area contributed by atoms with Gasteiger partial charge >= 0.3 is 0 Å². The minimum absolute atomic E-state index is 0.475. The second-order valence-electron chi connectivity index (χ2n) is 2.69. The fourth-order valence-corrected chi connectivity index (χ4v) is 1.44. The SMILES string of the molecule is CC(C)n1cnnc1CCI. The number of nitrogens with zero attached hydrogens (tertiary/aromatic N) is 3. The molecule has 0 spiro atoms. The van der Waals surface area contributed by atoms with Crippen LogP contribution in [-0.2, 0) is 6.42 Å². The summed E-state index contributed by atoms with van der Waals surface area (Å²) in [4.78, 5) is 0. The van der Waals surface area contributed by atoms with Crippen molar-refractivity contribution in [1.29, 1.82) is 0 Å². The first-order chi connectivity index (χ1) is 5.25. The Hall–Kier alpha value is -0.130. The van der Waals surface area contributed by atoms with E-state index < -0.39 is 0 Å². The molecule has 0 saturated heterocycles. The molecule has 0 bridgehead atoms. The summed E-state index contributed by atoms with van der Waals surface area (Å²) >= 11 is 2.35.